The zero-order valence-electron chi connectivity index (χ0n) is 14.4. The molecule has 0 bridgehead atoms. The van der Waals surface area contributed by atoms with Crippen LogP contribution in [0.15, 0.2) is 53.4 Å². The van der Waals surface area contributed by atoms with Crippen LogP contribution in [-0.2, 0) is 19.6 Å². The van der Waals surface area contributed by atoms with E-state index in [1.807, 2.05) is 0 Å². The van der Waals surface area contributed by atoms with Gasteiger partial charge in [-0.15, -0.1) is 0 Å². The maximum Gasteiger partial charge on any atom is 0.343 e. The predicted molar refractivity (Wildman–Crippen MR) is 93.6 cm³/mol. The number of methoxy groups -OCH3 is 2. The number of sulfonamides is 1. The lowest BCUT2D eigenvalue weighted by Gasteiger charge is -2.15. The Hall–Kier alpha value is -3.34. The van der Waals surface area contributed by atoms with Crippen LogP contribution in [0.2, 0.25) is 0 Å². The summed E-state index contributed by atoms with van der Waals surface area (Å²) in [6.07, 6.45) is 0. The predicted octanol–water partition coefficient (Wildman–Crippen LogP) is 1.63. The Labute approximate surface area is 155 Å². The van der Waals surface area contributed by atoms with Gasteiger partial charge in [0, 0.05) is 10.5 Å². The fourth-order valence-corrected chi connectivity index (χ4v) is 3.31. The van der Waals surface area contributed by atoms with E-state index < -0.39 is 21.0 Å². The van der Waals surface area contributed by atoms with Gasteiger partial charge in [-0.2, -0.15) is 8.42 Å². The average molecular weight is 396 g/mol. The van der Waals surface area contributed by atoms with Crippen molar-refractivity contribution in [2.24, 2.45) is 0 Å². The number of nitro groups is 1. The first-order valence-corrected chi connectivity index (χ1v) is 8.87. The van der Waals surface area contributed by atoms with Crippen molar-refractivity contribution < 1.29 is 32.5 Å². The largest absolute Gasteiger partial charge is 0.497 e. The molecular weight excluding hydrogens is 380 g/mol. The molecular formula is C16H16N2O8S. The third kappa shape index (κ3) is 4.64. The summed E-state index contributed by atoms with van der Waals surface area (Å²) in [5.74, 6) is -0.140. The molecule has 0 saturated heterocycles. The van der Waals surface area contributed by atoms with Crippen molar-refractivity contribution in [2.45, 2.75) is 4.90 Å². The summed E-state index contributed by atoms with van der Waals surface area (Å²) in [6, 6.07) is 10.3. The molecule has 0 heterocycles. The molecule has 0 aliphatic heterocycles. The molecule has 0 aliphatic rings. The zero-order valence-corrected chi connectivity index (χ0v) is 15.2. The van der Waals surface area contributed by atoms with Crippen molar-refractivity contribution in [3.05, 3.63) is 58.6 Å². The van der Waals surface area contributed by atoms with E-state index >= 15 is 0 Å². The van der Waals surface area contributed by atoms with Gasteiger partial charge in [-0.3, -0.25) is 0 Å². The quantitative estimate of drug-likeness (QED) is 0.374. The Morgan fingerprint density at radius 3 is 2.33 bits per heavy atom. The maximum absolute atomic E-state index is 12.7. The second-order valence-corrected chi connectivity index (χ2v) is 6.79. The zero-order chi connectivity index (χ0) is 20.0. The van der Waals surface area contributed by atoms with E-state index in [9.17, 15) is 23.3 Å². The van der Waals surface area contributed by atoms with E-state index in [-0.39, 0.29) is 33.1 Å². The fraction of sp³-hybridized carbons (Fsp3) is 0.188. The van der Waals surface area contributed by atoms with E-state index in [1.165, 1.54) is 50.6 Å². The standard InChI is InChI=1S/C16H16N2O8S/c1-24-14-5-3-4-12(10-14)17(18(20)21)27(22,23)15-8-6-13(7-9-15)26-11-16(19)25-2/h3-10H,11H2,1-2H3. The van der Waals surface area contributed by atoms with Crippen molar-refractivity contribution in [1.29, 1.82) is 0 Å². The van der Waals surface area contributed by atoms with Gasteiger partial charge in [-0.25, -0.2) is 14.9 Å². The lowest BCUT2D eigenvalue weighted by Crippen LogP contribution is -2.36. The first-order valence-electron chi connectivity index (χ1n) is 7.43. The Morgan fingerprint density at radius 2 is 1.78 bits per heavy atom. The number of benzene rings is 2. The highest BCUT2D eigenvalue weighted by Crippen LogP contribution is 2.27. The van der Waals surface area contributed by atoms with Crippen molar-refractivity contribution in [3.8, 4) is 11.5 Å². The molecule has 0 amide bonds. The molecule has 144 valence electrons. The molecule has 0 atom stereocenters. The summed E-state index contributed by atoms with van der Waals surface area (Å²) in [6.45, 7) is -0.354. The second kappa shape index (κ2) is 8.36. The van der Waals surface area contributed by atoms with Gasteiger partial charge in [0.1, 0.15) is 17.2 Å². The smallest absolute Gasteiger partial charge is 0.343 e. The number of hydrogen-bond donors (Lipinski definition) is 0. The topological polar surface area (TPSA) is 125 Å². The normalized spacial score (nSPS) is 10.7. The number of hydrazine groups is 1. The highest BCUT2D eigenvalue weighted by atomic mass is 32.2. The summed E-state index contributed by atoms with van der Waals surface area (Å²) in [5, 5.41) is 10.4. The Morgan fingerprint density at radius 1 is 1.11 bits per heavy atom. The lowest BCUT2D eigenvalue weighted by molar-refractivity contribution is -0.474. The molecule has 0 N–H and O–H groups in total. The highest BCUT2D eigenvalue weighted by molar-refractivity contribution is 7.92. The summed E-state index contributed by atoms with van der Waals surface area (Å²) >= 11 is 0. The van der Waals surface area contributed by atoms with Crippen LogP contribution >= 0.6 is 0 Å². The minimum Gasteiger partial charge on any atom is -0.497 e. The second-order valence-electron chi connectivity index (χ2n) is 5.02. The molecule has 0 unspecified atom stereocenters. The summed E-state index contributed by atoms with van der Waals surface area (Å²) in [7, 11) is -1.94. The molecule has 11 heteroatoms. The number of ether oxygens (including phenoxy) is 3. The van der Waals surface area contributed by atoms with Gasteiger partial charge in [0.25, 0.3) is 0 Å². The molecule has 2 aromatic carbocycles. The van der Waals surface area contributed by atoms with Crippen molar-refractivity contribution >= 4 is 21.7 Å². The van der Waals surface area contributed by atoms with Crippen LogP contribution in [0.25, 0.3) is 0 Å². The number of nitrogens with zero attached hydrogens (tertiary/aromatic N) is 2. The average Bonchev–Trinajstić information content (AvgIpc) is 2.66. The number of carbonyl (C=O) groups excluding carboxylic acids is 1. The van der Waals surface area contributed by atoms with E-state index in [2.05, 4.69) is 4.74 Å². The SMILES string of the molecule is COC(=O)COc1ccc(S(=O)(=O)N(c2cccc(OC)c2)[N+](=O)[O-])cc1. The van der Waals surface area contributed by atoms with E-state index in [0.29, 0.717) is 0 Å². The number of rotatable bonds is 8. The maximum atomic E-state index is 12.7. The molecule has 0 aliphatic carbocycles. The van der Waals surface area contributed by atoms with Gasteiger partial charge < -0.3 is 14.2 Å². The van der Waals surface area contributed by atoms with Crippen LogP contribution in [0.1, 0.15) is 0 Å². The van der Waals surface area contributed by atoms with Crippen LogP contribution in [0.3, 0.4) is 0 Å². The van der Waals surface area contributed by atoms with Crippen LogP contribution < -0.4 is 13.9 Å². The highest BCUT2D eigenvalue weighted by Gasteiger charge is 2.35. The van der Waals surface area contributed by atoms with Gasteiger partial charge in [-0.1, -0.05) is 6.07 Å². The van der Waals surface area contributed by atoms with Gasteiger partial charge in [0.15, 0.2) is 11.6 Å². The van der Waals surface area contributed by atoms with E-state index in [4.69, 9.17) is 9.47 Å². The lowest BCUT2D eigenvalue weighted by atomic mass is 10.3. The third-order valence-corrected chi connectivity index (χ3v) is 5.02. The van der Waals surface area contributed by atoms with Gasteiger partial charge in [0.05, 0.1) is 19.1 Å². The van der Waals surface area contributed by atoms with Gasteiger partial charge >= 0.3 is 16.0 Å². The van der Waals surface area contributed by atoms with Crippen molar-refractivity contribution in [3.63, 3.8) is 0 Å². The van der Waals surface area contributed by atoms with Gasteiger partial charge in [-0.05, 0) is 36.4 Å². The summed E-state index contributed by atoms with van der Waals surface area (Å²) in [5.41, 5.74) is -0.189. The molecule has 0 aromatic heterocycles. The first-order chi connectivity index (χ1) is 12.8. The number of anilines is 1. The molecule has 0 spiro atoms. The third-order valence-electron chi connectivity index (χ3n) is 3.36. The molecule has 0 saturated carbocycles. The van der Waals surface area contributed by atoms with Crippen LogP contribution in [0.5, 0.6) is 11.5 Å². The molecule has 0 radical (unpaired) electrons. The Balaban J connectivity index is 2.33. The molecule has 10 nitrogen and oxygen atoms in total. The summed E-state index contributed by atoms with van der Waals surface area (Å²) < 4.78 is 40.0. The number of hydrogen-bond acceptors (Lipinski definition) is 8. The Bertz CT molecular complexity index is 928. The molecule has 0 fully saturated rings. The minimum absolute atomic E-state index is 0.0554. The van der Waals surface area contributed by atoms with Crippen molar-refractivity contribution in [2.75, 3.05) is 25.2 Å². The molecule has 2 rings (SSSR count). The van der Waals surface area contributed by atoms with Gasteiger partial charge in [0.2, 0.25) is 0 Å². The minimum atomic E-state index is -4.50. The number of carbonyl (C=O) groups is 1. The fourth-order valence-electron chi connectivity index (χ4n) is 2.06. The van der Waals surface area contributed by atoms with Crippen LogP contribution in [0, 0.1) is 10.1 Å². The Kier molecular flexibility index (Phi) is 6.19. The molecule has 2 aromatic rings. The van der Waals surface area contributed by atoms with Crippen LogP contribution in [-0.4, -0.2) is 40.2 Å². The van der Waals surface area contributed by atoms with E-state index in [1.54, 1.807) is 0 Å². The number of esters is 1. The van der Waals surface area contributed by atoms with E-state index in [0.717, 1.165) is 12.1 Å². The van der Waals surface area contributed by atoms with Crippen molar-refractivity contribution in [1.82, 2.24) is 0 Å². The monoisotopic (exact) mass is 396 g/mol. The van der Waals surface area contributed by atoms with Crippen LogP contribution in [0.4, 0.5) is 5.69 Å². The molecule has 27 heavy (non-hydrogen) atoms. The summed E-state index contributed by atoms with van der Waals surface area (Å²) in [4.78, 5) is 22.2. The first kappa shape index (κ1) is 20.0.